The first kappa shape index (κ1) is 21.3. The van der Waals surface area contributed by atoms with Crippen molar-refractivity contribution in [3.8, 4) is 17.2 Å². The summed E-state index contributed by atoms with van der Waals surface area (Å²) in [6.07, 6.45) is 0. The van der Waals surface area contributed by atoms with Crippen molar-refractivity contribution in [3.05, 3.63) is 48.0 Å². The SMILES string of the molecule is COC(=O)c1ccc(OCC(=O)N2CCN(c3ccc(OC)cc3)CC2)c(OC)c1. The van der Waals surface area contributed by atoms with E-state index in [1.807, 2.05) is 24.3 Å². The van der Waals surface area contributed by atoms with Crippen LogP contribution in [0.5, 0.6) is 17.2 Å². The molecule has 0 aliphatic carbocycles. The van der Waals surface area contributed by atoms with Gasteiger partial charge in [-0.3, -0.25) is 4.79 Å². The second kappa shape index (κ2) is 9.87. The smallest absolute Gasteiger partial charge is 0.337 e. The molecule has 0 radical (unpaired) electrons. The van der Waals surface area contributed by atoms with Gasteiger partial charge >= 0.3 is 5.97 Å². The largest absolute Gasteiger partial charge is 0.497 e. The van der Waals surface area contributed by atoms with Crippen LogP contribution in [0.3, 0.4) is 0 Å². The van der Waals surface area contributed by atoms with Gasteiger partial charge in [0, 0.05) is 31.9 Å². The molecule has 0 spiro atoms. The van der Waals surface area contributed by atoms with Crippen molar-refractivity contribution >= 4 is 17.6 Å². The molecule has 1 saturated heterocycles. The molecule has 2 aromatic rings. The van der Waals surface area contributed by atoms with Gasteiger partial charge in [-0.15, -0.1) is 0 Å². The van der Waals surface area contributed by atoms with E-state index in [4.69, 9.17) is 18.9 Å². The van der Waals surface area contributed by atoms with Crippen molar-refractivity contribution in [3.63, 3.8) is 0 Å². The molecule has 2 aromatic carbocycles. The molecule has 0 atom stereocenters. The lowest BCUT2D eigenvalue weighted by atomic mass is 10.2. The molecule has 0 aromatic heterocycles. The van der Waals surface area contributed by atoms with Crippen molar-refractivity contribution in [2.75, 3.05) is 59.0 Å². The summed E-state index contributed by atoms with van der Waals surface area (Å²) in [5, 5.41) is 0. The monoisotopic (exact) mass is 414 g/mol. The van der Waals surface area contributed by atoms with E-state index in [1.165, 1.54) is 20.3 Å². The zero-order chi connectivity index (χ0) is 21.5. The third-order valence-electron chi connectivity index (χ3n) is 5.01. The Morgan fingerprint density at radius 2 is 1.57 bits per heavy atom. The number of piperazine rings is 1. The number of methoxy groups -OCH3 is 3. The third kappa shape index (κ3) is 4.94. The predicted molar refractivity (Wildman–Crippen MR) is 112 cm³/mol. The summed E-state index contributed by atoms with van der Waals surface area (Å²) in [4.78, 5) is 28.2. The molecule has 1 heterocycles. The maximum absolute atomic E-state index is 12.6. The molecule has 0 unspecified atom stereocenters. The van der Waals surface area contributed by atoms with Gasteiger partial charge in [0.05, 0.1) is 26.9 Å². The summed E-state index contributed by atoms with van der Waals surface area (Å²) >= 11 is 0. The average molecular weight is 414 g/mol. The van der Waals surface area contributed by atoms with E-state index in [1.54, 1.807) is 24.1 Å². The lowest BCUT2D eigenvalue weighted by Gasteiger charge is -2.36. The summed E-state index contributed by atoms with van der Waals surface area (Å²) in [7, 11) is 4.43. The normalized spacial score (nSPS) is 13.6. The third-order valence-corrected chi connectivity index (χ3v) is 5.01. The highest BCUT2D eigenvalue weighted by Gasteiger charge is 2.22. The number of benzene rings is 2. The Bertz CT molecular complexity index is 876. The van der Waals surface area contributed by atoms with Crippen molar-refractivity contribution in [2.45, 2.75) is 0 Å². The number of hydrogen-bond acceptors (Lipinski definition) is 7. The molecule has 0 N–H and O–H groups in total. The maximum atomic E-state index is 12.6. The zero-order valence-corrected chi connectivity index (χ0v) is 17.4. The van der Waals surface area contributed by atoms with Gasteiger partial charge in [-0.25, -0.2) is 4.79 Å². The Hall–Kier alpha value is -3.42. The van der Waals surface area contributed by atoms with Crippen LogP contribution in [0.1, 0.15) is 10.4 Å². The Morgan fingerprint density at radius 3 is 2.17 bits per heavy atom. The summed E-state index contributed by atoms with van der Waals surface area (Å²) in [5.74, 6) is 1.03. The van der Waals surface area contributed by atoms with E-state index < -0.39 is 5.97 Å². The maximum Gasteiger partial charge on any atom is 0.337 e. The Balaban J connectivity index is 1.53. The van der Waals surface area contributed by atoms with Crippen molar-refractivity contribution in [2.24, 2.45) is 0 Å². The number of nitrogens with zero attached hydrogens (tertiary/aromatic N) is 2. The van der Waals surface area contributed by atoms with Crippen LogP contribution >= 0.6 is 0 Å². The number of amides is 1. The highest BCUT2D eigenvalue weighted by molar-refractivity contribution is 5.90. The predicted octanol–water partition coefficient (Wildman–Crippen LogP) is 2.22. The zero-order valence-electron chi connectivity index (χ0n) is 17.4. The molecule has 0 bridgehead atoms. The quantitative estimate of drug-likeness (QED) is 0.643. The molecule has 8 heteroatoms. The van der Waals surface area contributed by atoms with Gasteiger partial charge in [-0.05, 0) is 42.5 Å². The standard InChI is InChI=1S/C22H26N2O6/c1-27-18-7-5-17(6-8-18)23-10-12-24(13-11-23)21(25)15-30-19-9-4-16(22(26)29-3)14-20(19)28-2/h4-9,14H,10-13,15H2,1-3H3. The minimum absolute atomic E-state index is 0.0940. The van der Waals surface area contributed by atoms with Gasteiger partial charge < -0.3 is 28.7 Å². The fraction of sp³-hybridized carbons (Fsp3) is 0.364. The van der Waals surface area contributed by atoms with Crippen LogP contribution < -0.4 is 19.1 Å². The van der Waals surface area contributed by atoms with Crippen LogP contribution in [-0.2, 0) is 9.53 Å². The van der Waals surface area contributed by atoms with Crippen LogP contribution in [0, 0.1) is 0 Å². The lowest BCUT2D eigenvalue weighted by Crippen LogP contribution is -2.50. The molecular weight excluding hydrogens is 388 g/mol. The molecular formula is C22H26N2O6. The number of ether oxygens (including phenoxy) is 4. The first-order chi connectivity index (χ1) is 14.5. The van der Waals surface area contributed by atoms with Gasteiger partial charge in [0.2, 0.25) is 0 Å². The van der Waals surface area contributed by atoms with E-state index in [2.05, 4.69) is 4.90 Å². The minimum Gasteiger partial charge on any atom is -0.497 e. The van der Waals surface area contributed by atoms with Gasteiger partial charge in [-0.1, -0.05) is 0 Å². The molecule has 1 fully saturated rings. The van der Waals surface area contributed by atoms with Gasteiger partial charge in [-0.2, -0.15) is 0 Å². The molecule has 0 saturated carbocycles. The second-order valence-corrected chi connectivity index (χ2v) is 6.71. The molecule has 1 aliphatic heterocycles. The number of carbonyl (C=O) groups is 2. The van der Waals surface area contributed by atoms with Crippen molar-refractivity contribution < 1.29 is 28.5 Å². The van der Waals surface area contributed by atoms with Crippen molar-refractivity contribution in [1.29, 1.82) is 0 Å². The van der Waals surface area contributed by atoms with E-state index in [0.29, 0.717) is 30.2 Å². The summed E-state index contributed by atoms with van der Waals surface area (Å²) < 4.78 is 20.8. The second-order valence-electron chi connectivity index (χ2n) is 6.71. The minimum atomic E-state index is -0.467. The molecule has 1 aliphatic rings. The molecule has 1 amide bonds. The van der Waals surface area contributed by atoms with Crippen LogP contribution in [-0.4, -0.2) is 70.9 Å². The topological polar surface area (TPSA) is 77.5 Å². The Labute approximate surface area is 175 Å². The highest BCUT2D eigenvalue weighted by Crippen LogP contribution is 2.28. The number of rotatable bonds is 7. The van der Waals surface area contributed by atoms with Crippen LogP contribution in [0.15, 0.2) is 42.5 Å². The summed E-state index contributed by atoms with van der Waals surface area (Å²) in [6, 6.07) is 12.6. The van der Waals surface area contributed by atoms with E-state index >= 15 is 0 Å². The fourth-order valence-corrected chi connectivity index (χ4v) is 3.27. The Morgan fingerprint density at radius 1 is 0.867 bits per heavy atom. The van der Waals surface area contributed by atoms with Crippen molar-refractivity contribution in [1.82, 2.24) is 4.90 Å². The van der Waals surface area contributed by atoms with E-state index in [0.717, 1.165) is 24.5 Å². The number of anilines is 1. The summed E-state index contributed by atoms with van der Waals surface area (Å²) in [6.45, 7) is 2.63. The lowest BCUT2D eigenvalue weighted by molar-refractivity contribution is -0.133. The van der Waals surface area contributed by atoms with Gasteiger partial charge in [0.15, 0.2) is 18.1 Å². The van der Waals surface area contributed by atoms with E-state index in [9.17, 15) is 9.59 Å². The number of hydrogen-bond donors (Lipinski definition) is 0. The molecule has 30 heavy (non-hydrogen) atoms. The van der Waals surface area contributed by atoms with E-state index in [-0.39, 0.29) is 12.5 Å². The first-order valence-electron chi connectivity index (χ1n) is 9.61. The van der Waals surface area contributed by atoms with Crippen LogP contribution in [0.4, 0.5) is 5.69 Å². The number of esters is 1. The van der Waals surface area contributed by atoms with Gasteiger partial charge in [0.1, 0.15) is 5.75 Å². The Kier molecular flexibility index (Phi) is 7.00. The molecule has 8 nitrogen and oxygen atoms in total. The first-order valence-corrected chi connectivity index (χ1v) is 9.61. The van der Waals surface area contributed by atoms with Crippen LogP contribution in [0.25, 0.3) is 0 Å². The molecule has 3 rings (SSSR count). The molecule has 160 valence electrons. The van der Waals surface area contributed by atoms with Gasteiger partial charge in [0.25, 0.3) is 5.91 Å². The van der Waals surface area contributed by atoms with Crippen LogP contribution in [0.2, 0.25) is 0 Å². The number of carbonyl (C=O) groups excluding carboxylic acids is 2. The fourth-order valence-electron chi connectivity index (χ4n) is 3.27. The summed E-state index contributed by atoms with van der Waals surface area (Å²) in [5.41, 5.74) is 1.46. The average Bonchev–Trinajstić information content (AvgIpc) is 2.82. The highest BCUT2D eigenvalue weighted by atomic mass is 16.5.